The maximum absolute atomic E-state index is 12.5. The number of aromatic nitrogens is 1. The predicted octanol–water partition coefficient (Wildman–Crippen LogP) is 4.10. The maximum atomic E-state index is 12.5. The summed E-state index contributed by atoms with van der Waals surface area (Å²) in [6.07, 6.45) is -2.28. The van der Waals surface area contributed by atoms with E-state index >= 15 is 0 Å². The smallest absolute Gasteiger partial charge is 0.327 e. The summed E-state index contributed by atoms with van der Waals surface area (Å²) in [5, 5.41) is 3.15. The van der Waals surface area contributed by atoms with Gasteiger partial charge in [0.2, 0.25) is 5.91 Å². The van der Waals surface area contributed by atoms with Crippen molar-refractivity contribution >= 4 is 34.8 Å². The molecule has 1 aromatic heterocycles. The molecule has 0 fully saturated rings. The third-order valence-electron chi connectivity index (χ3n) is 3.65. The van der Waals surface area contributed by atoms with Crippen LogP contribution in [0.4, 0.5) is 18.3 Å². The van der Waals surface area contributed by atoms with Gasteiger partial charge in [-0.15, -0.1) is 23.7 Å². The molecule has 0 saturated carbocycles. The van der Waals surface area contributed by atoms with Crippen LogP contribution in [0, 0.1) is 5.92 Å². The molecular weight excluding hydrogens is 375 g/mol. The first-order valence-electron chi connectivity index (χ1n) is 7.34. The van der Waals surface area contributed by atoms with Gasteiger partial charge < -0.3 is 11.1 Å². The lowest BCUT2D eigenvalue weighted by Crippen LogP contribution is -2.34. The fourth-order valence-corrected chi connectivity index (χ4v) is 2.77. The third kappa shape index (κ3) is 5.98. The molecule has 0 spiro atoms. The van der Waals surface area contributed by atoms with E-state index in [2.05, 4.69) is 10.3 Å². The van der Waals surface area contributed by atoms with Crippen LogP contribution in [0.25, 0.3) is 0 Å². The van der Waals surface area contributed by atoms with Crippen molar-refractivity contribution in [3.63, 3.8) is 0 Å². The van der Waals surface area contributed by atoms with E-state index in [0.29, 0.717) is 11.6 Å². The molecule has 9 heteroatoms. The lowest BCUT2D eigenvalue weighted by molar-refractivity contribution is -0.137. The minimum atomic E-state index is -4.34. The number of anilines is 1. The van der Waals surface area contributed by atoms with E-state index in [1.165, 1.54) is 23.5 Å². The number of hydrogen-bond acceptors (Lipinski definition) is 4. The van der Waals surface area contributed by atoms with Gasteiger partial charge in [0.15, 0.2) is 5.13 Å². The van der Waals surface area contributed by atoms with Crippen molar-refractivity contribution in [3.8, 4) is 0 Å². The summed E-state index contributed by atoms with van der Waals surface area (Å²) in [5.41, 5.74) is 5.75. The average Bonchev–Trinajstić information content (AvgIpc) is 2.93. The van der Waals surface area contributed by atoms with Gasteiger partial charge in [-0.1, -0.05) is 19.1 Å². The molecule has 0 bridgehead atoms. The number of nitrogens with two attached hydrogens (primary N) is 1. The zero-order chi connectivity index (χ0) is 17.9. The molecule has 25 heavy (non-hydrogen) atoms. The Labute approximate surface area is 154 Å². The summed E-state index contributed by atoms with van der Waals surface area (Å²) < 4.78 is 37.6. The first-order valence-corrected chi connectivity index (χ1v) is 8.15. The van der Waals surface area contributed by atoms with Gasteiger partial charge in [0, 0.05) is 23.5 Å². The monoisotopic (exact) mass is 393 g/mol. The quantitative estimate of drug-likeness (QED) is 0.803. The van der Waals surface area contributed by atoms with Crippen LogP contribution in [-0.4, -0.2) is 16.9 Å². The van der Waals surface area contributed by atoms with Crippen LogP contribution in [0.15, 0.2) is 30.5 Å². The number of alkyl halides is 3. The predicted molar refractivity (Wildman–Crippen MR) is 95.1 cm³/mol. The summed E-state index contributed by atoms with van der Waals surface area (Å²) in [4.78, 5) is 16.9. The van der Waals surface area contributed by atoms with Crippen molar-refractivity contribution in [2.24, 2.45) is 11.7 Å². The highest BCUT2D eigenvalue weighted by Gasteiger charge is 2.29. The molecule has 0 aliphatic rings. The minimum Gasteiger partial charge on any atom is -0.327 e. The molecule has 2 aromatic rings. The van der Waals surface area contributed by atoms with Crippen molar-refractivity contribution in [2.75, 3.05) is 5.32 Å². The molecule has 3 N–H and O–H groups in total. The Morgan fingerprint density at radius 3 is 2.40 bits per heavy atom. The number of hydrogen-bond donors (Lipinski definition) is 2. The van der Waals surface area contributed by atoms with Crippen LogP contribution >= 0.6 is 23.7 Å². The highest BCUT2D eigenvalue weighted by atomic mass is 35.5. The standard InChI is InChI=1S/C16H18F3N3OS.ClH/c1-9(10(2)20)14(23)22-15-21-8-13(24-15)7-11-3-5-12(6-4-11)16(17,18)19;/h3-6,8-10H,7,20H2,1-2H3,(H,21,22,23);1H. The number of nitrogens with zero attached hydrogens (tertiary/aromatic N) is 1. The van der Waals surface area contributed by atoms with Crippen molar-refractivity contribution in [3.05, 3.63) is 46.5 Å². The van der Waals surface area contributed by atoms with Crippen LogP contribution in [0.3, 0.4) is 0 Å². The van der Waals surface area contributed by atoms with E-state index in [4.69, 9.17) is 5.73 Å². The van der Waals surface area contributed by atoms with E-state index in [9.17, 15) is 18.0 Å². The van der Waals surface area contributed by atoms with Crippen LogP contribution < -0.4 is 11.1 Å². The Kier molecular flexibility index (Phi) is 7.40. The Bertz CT molecular complexity index is 701. The second kappa shape index (κ2) is 8.64. The van der Waals surface area contributed by atoms with Crippen LogP contribution in [-0.2, 0) is 17.4 Å². The summed E-state index contributed by atoms with van der Waals surface area (Å²) in [6, 6.07) is 4.74. The van der Waals surface area contributed by atoms with E-state index in [-0.39, 0.29) is 30.3 Å². The van der Waals surface area contributed by atoms with Crippen LogP contribution in [0.2, 0.25) is 0 Å². The first kappa shape index (κ1) is 21.4. The van der Waals surface area contributed by atoms with Crippen molar-refractivity contribution in [1.29, 1.82) is 0 Å². The Hall–Kier alpha value is -1.64. The normalized spacial score (nSPS) is 13.7. The molecule has 1 aromatic carbocycles. The Morgan fingerprint density at radius 1 is 1.28 bits per heavy atom. The molecule has 4 nitrogen and oxygen atoms in total. The summed E-state index contributed by atoms with van der Waals surface area (Å²) in [5.74, 6) is -0.548. The fourth-order valence-electron chi connectivity index (χ4n) is 1.92. The SMILES string of the molecule is CC(N)C(C)C(=O)Nc1ncc(Cc2ccc(C(F)(F)F)cc2)s1.Cl. The lowest BCUT2D eigenvalue weighted by Gasteiger charge is -2.13. The number of rotatable bonds is 5. The van der Waals surface area contributed by atoms with Gasteiger partial charge in [-0.25, -0.2) is 4.98 Å². The van der Waals surface area contributed by atoms with Gasteiger partial charge in [-0.05, 0) is 24.6 Å². The molecule has 138 valence electrons. The Morgan fingerprint density at radius 2 is 1.88 bits per heavy atom. The van der Waals surface area contributed by atoms with Crippen molar-refractivity contribution in [2.45, 2.75) is 32.5 Å². The van der Waals surface area contributed by atoms with E-state index < -0.39 is 11.7 Å². The Balaban J connectivity index is 0.00000312. The summed E-state index contributed by atoms with van der Waals surface area (Å²) in [6.45, 7) is 3.48. The summed E-state index contributed by atoms with van der Waals surface area (Å²) in [7, 11) is 0. The first-order chi connectivity index (χ1) is 11.2. The second-order valence-electron chi connectivity index (χ2n) is 5.64. The van der Waals surface area contributed by atoms with Crippen LogP contribution in [0.5, 0.6) is 0 Å². The maximum Gasteiger partial charge on any atom is 0.416 e. The van der Waals surface area contributed by atoms with Gasteiger partial charge in [0.05, 0.1) is 11.5 Å². The number of halogens is 4. The molecule has 2 unspecified atom stereocenters. The van der Waals surface area contributed by atoms with Gasteiger partial charge >= 0.3 is 6.18 Å². The number of amides is 1. The van der Waals surface area contributed by atoms with Gasteiger partial charge in [0.25, 0.3) is 0 Å². The van der Waals surface area contributed by atoms with Crippen LogP contribution in [0.1, 0.15) is 29.9 Å². The van der Waals surface area contributed by atoms with E-state index in [0.717, 1.165) is 22.6 Å². The highest BCUT2D eigenvalue weighted by Crippen LogP contribution is 2.30. The number of thiazole rings is 1. The van der Waals surface area contributed by atoms with Crippen molar-refractivity contribution < 1.29 is 18.0 Å². The largest absolute Gasteiger partial charge is 0.416 e. The fraction of sp³-hybridized carbons (Fsp3) is 0.375. The molecular formula is C16H19ClF3N3OS. The van der Waals surface area contributed by atoms with Crippen molar-refractivity contribution in [1.82, 2.24) is 4.98 Å². The second-order valence-corrected chi connectivity index (χ2v) is 6.76. The zero-order valence-electron chi connectivity index (χ0n) is 13.6. The molecule has 0 aliphatic heterocycles. The summed E-state index contributed by atoms with van der Waals surface area (Å²) >= 11 is 1.29. The van der Waals surface area contributed by atoms with Gasteiger partial charge in [0.1, 0.15) is 0 Å². The number of carbonyl (C=O) groups excluding carboxylic acids is 1. The molecule has 2 rings (SSSR count). The third-order valence-corrected chi connectivity index (χ3v) is 4.56. The van der Waals surface area contributed by atoms with Gasteiger partial charge in [-0.2, -0.15) is 13.2 Å². The number of benzene rings is 1. The molecule has 0 aliphatic carbocycles. The molecule has 0 radical (unpaired) electrons. The number of carbonyl (C=O) groups is 1. The molecule has 2 atom stereocenters. The number of nitrogens with one attached hydrogen (secondary N) is 1. The molecule has 0 saturated heterocycles. The minimum absolute atomic E-state index is 0. The average molecular weight is 394 g/mol. The highest BCUT2D eigenvalue weighted by molar-refractivity contribution is 7.15. The van der Waals surface area contributed by atoms with E-state index in [1.54, 1.807) is 20.0 Å². The zero-order valence-corrected chi connectivity index (χ0v) is 15.3. The van der Waals surface area contributed by atoms with E-state index in [1.807, 2.05) is 0 Å². The molecule has 1 heterocycles. The van der Waals surface area contributed by atoms with Gasteiger partial charge in [-0.3, -0.25) is 4.79 Å². The topological polar surface area (TPSA) is 68.0 Å². The molecule has 1 amide bonds. The lowest BCUT2D eigenvalue weighted by atomic mass is 10.0.